The summed E-state index contributed by atoms with van der Waals surface area (Å²) < 4.78 is 0.999. The van der Waals surface area contributed by atoms with Crippen LogP contribution in [0.5, 0.6) is 0 Å². The molecule has 2 N–H and O–H groups in total. The van der Waals surface area contributed by atoms with Gasteiger partial charge in [-0.3, -0.25) is 4.79 Å². The highest BCUT2D eigenvalue weighted by atomic mass is 79.9. The Morgan fingerprint density at radius 2 is 2.00 bits per heavy atom. The summed E-state index contributed by atoms with van der Waals surface area (Å²) in [5, 5.41) is 3.94. The van der Waals surface area contributed by atoms with E-state index in [-0.39, 0.29) is 12.3 Å². The first kappa shape index (κ1) is 14.5. The molecule has 0 bridgehead atoms. The predicted octanol–water partition coefficient (Wildman–Crippen LogP) is 3.02. The van der Waals surface area contributed by atoms with Gasteiger partial charge in [-0.2, -0.15) is 5.10 Å². The van der Waals surface area contributed by atoms with Crippen molar-refractivity contribution in [3.63, 3.8) is 0 Å². The number of carbonyl (C=O) groups is 1. The predicted molar refractivity (Wildman–Crippen MR) is 89.7 cm³/mol. The minimum absolute atomic E-state index is 0.159. The zero-order valence-corrected chi connectivity index (χ0v) is 13.2. The normalized spacial score (nSPS) is 11.1. The fraction of sp³-hybridized carbons (Fsp3) is 0.0625. The number of H-pyrrole nitrogens is 1. The number of benzene rings is 2. The second-order valence-electron chi connectivity index (χ2n) is 4.72. The molecule has 0 aliphatic rings. The molecule has 0 spiro atoms. The van der Waals surface area contributed by atoms with E-state index >= 15 is 0 Å². The molecule has 1 heterocycles. The fourth-order valence-corrected chi connectivity index (χ4v) is 2.27. The van der Waals surface area contributed by atoms with Crippen molar-refractivity contribution in [3.8, 4) is 0 Å². The van der Waals surface area contributed by atoms with Crippen molar-refractivity contribution < 1.29 is 4.79 Å². The molecule has 3 aromatic rings. The van der Waals surface area contributed by atoms with Gasteiger partial charge in [0.15, 0.2) is 0 Å². The highest BCUT2D eigenvalue weighted by Crippen LogP contribution is 2.10. The molecule has 0 saturated heterocycles. The monoisotopic (exact) mass is 356 g/mol. The summed E-state index contributed by atoms with van der Waals surface area (Å²) in [6, 6.07) is 15.3. The average molecular weight is 357 g/mol. The lowest BCUT2D eigenvalue weighted by atomic mass is 10.2. The zero-order chi connectivity index (χ0) is 15.4. The standard InChI is InChI=1S/C16H13BrN4O/c17-12-7-5-11(6-8-12)10-18-21-16(22)9-15-19-13-3-1-2-4-14(13)20-15/h1-8,10H,9H2,(H,19,20)(H,21,22)/b18-10-. The van der Waals surface area contributed by atoms with Crippen molar-refractivity contribution in [1.82, 2.24) is 15.4 Å². The van der Waals surface area contributed by atoms with Gasteiger partial charge >= 0.3 is 0 Å². The molecular weight excluding hydrogens is 344 g/mol. The largest absolute Gasteiger partial charge is 0.342 e. The van der Waals surface area contributed by atoms with E-state index in [9.17, 15) is 4.79 Å². The minimum Gasteiger partial charge on any atom is -0.342 e. The van der Waals surface area contributed by atoms with Crippen LogP contribution >= 0.6 is 15.9 Å². The van der Waals surface area contributed by atoms with Crippen molar-refractivity contribution in [1.29, 1.82) is 0 Å². The number of imidazole rings is 1. The van der Waals surface area contributed by atoms with Crippen LogP contribution in [0.1, 0.15) is 11.4 Å². The second kappa shape index (κ2) is 6.53. The first-order valence-electron chi connectivity index (χ1n) is 6.72. The molecule has 0 atom stereocenters. The van der Waals surface area contributed by atoms with E-state index in [0.717, 1.165) is 21.1 Å². The Bertz CT molecular complexity index is 791. The maximum atomic E-state index is 11.8. The molecular formula is C16H13BrN4O. The maximum Gasteiger partial charge on any atom is 0.247 e. The van der Waals surface area contributed by atoms with Crippen LogP contribution in [0, 0.1) is 0 Å². The number of carbonyl (C=O) groups excluding carboxylic acids is 1. The summed E-state index contributed by atoms with van der Waals surface area (Å²) in [5.41, 5.74) is 5.18. The van der Waals surface area contributed by atoms with E-state index in [4.69, 9.17) is 0 Å². The van der Waals surface area contributed by atoms with Gasteiger partial charge in [-0.1, -0.05) is 40.2 Å². The molecule has 1 amide bonds. The number of para-hydroxylation sites is 2. The van der Waals surface area contributed by atoms with E-state index in [2.05, 4.69) is 36.4 Å². The molecule has 0 aliphatic heterocycles. The summed E-state index contributed by atoms with van der Waals surface area (Å²) in [7, 11) is 0. The molecule has 0 saturated carbocycles. The minimum atomic E-state index is -0.215. The van der Waals surface area contributed by atoms with Gasteiger partial charge in [0.05, 0.1) is 23.7 Å². The van der Waals surface area contributed by atoms with Gasteiger partial charge in [-0.05, 0) is 29.8 Å². The SMILES string of the molecule is O=C(Cc1nc2ccccc2[nH]1)N/N=C\c1ccc(Br)cc1. The van der Waals surface area contributed by atoms with Gasteiger partial charge in [-0.15, -0.1) is 0 Å². The number of hydrazone groups is 1. The lowest BCUT2D eigenvalue weighted by Crippen LogP contribution is -2.20. The Kier molecular flexibility index (Phi) is 4.29. The number of hydrogen-bond acceptors (Lipinski definition) is 3. The highest BCUT2D eigenvalue weighted by Gasteiger charge is 2.07. The highest BCUT2D eigenvalue weighted by molar-refractivity contribution is 9.10. The number of aromatic nitrogens is 2. The third-order valence-electron chi connectivity index (χ3n) is 3.04. The molecule has 0 unspecified atom stereocenters. The number of nitrogens with one attached hydrogen (secondary N) is 2. The molecule has 22 heavy (non-hydrogen) atoms. The molecule has 0 fully saturated rings. The van der Waals surface area contributed by atoms with Crippen LogP contribution in [0.2, 0.25) is 0 Å². The number of halogens is 1. The molecule has 110 valence electrons. The number of amides is 1. The summed E-state index contributed by atoms with van der Waals surface area (Å²) in [6.07, 6.45) is 1.76. The van der Waals surface area contributed by atoms with Gasteiger partial charge in [-0.25, -0.2) is 10.4 Å². The van der Waals surface area contributed by atoms with E-state index in [0.29, 0.717) is 5.82 Å². The summed E-state index contributed by atoms with van der Waals surface area (Å²) >= 11 is 3.36. The molecule has 0 aliphatic carbocycles. The number of aromatic amines is 1. The fourth-order valence-electron chi connectivity index (χ4n) is 2.01. The first-order chi connectivity index (χ1) is 10.7. The first-order valence-corrected chi connectivity index (χ1v) is 7.51. The third-order valence-corrected chi connectivity index (χ3v) is 3.57. The second-order valence-corrected chi connectivity index (χ2v) is 5.64. The van der Waals surface area contributed by atoms with Crippen LogP contribution in [0.3, 0.4) is 0 Å². The van der Waals surface area contributed by atoms with Crippen molar-refractivity contribution in [2.75, 3.05) is 0 Å². The number of fused-ring (bicyclic) bond motifs is 1. The quantitative estimate of drug-likeness (QED) is 0.557. The van der Waals surface area contributed by atoms with Gasteiger partial charge in [0.2, 0.25) is 5.91 Å². The molecule has 6 heteroatoms. The van der Waals surface area contributed by atoms with Gasteiger partial charge < -0.3 is 4.98 Å². The smallest absolute Gasteiger partial charge is 0.247 e. The van der Waals surface area contributed by atoms with Crippen LogP contribution < -0.4 is 5.43 Å². The van der Waals surface area contributed by atoms with Crippen molar-refractivity contribution in [2.24, 2.45) is 5.10 Å². The maximum absolute atomic E-state index is 11.8. The molecule has 3 rings (SSSR count). The molecule has 0 radical (unpaired) electrons. The van der Waals surface area contributed by atoms with Crippen LogP contribution in [-0.4, -0.2) is 22.1 Å². The van der Waals surface area contributed by atoms with Crippen molar-refractivity contribution >= 4 is 39.1 Å². The topological polar surface area (TPSA) is 70.1 Å². The number of nitrogens with zero attached hydrogens (tertiary/aromatic N) is 2. The lowest BCUT2D eigenvalue weighted by molar-refractivity contribution is -0.120. The van der Waals surface area contributed by atoms with Crippen LogP contribution in [0.25, 0.3) is 11.0 Å². The van der Waals surface area contributed by atoms with Crippen molar-refractivity contribution in [3.05, 3.63) is 64.4 Å². The van der Waals surface area contributed by atoms with Gasteiger partial charge in [0, 0.05) is 4.47 Å². The zero-order valence-electron chi connectivity index (χ0n) is 11.6. The summed E-state index contributed by atoms with van der Waals surface area (Å²) in [4.78, 5) is 19.3. The Labute approximate surface area is 135 Å². The number of rotatable bonds is 4. The van der Waals surface area contributed by atoms with Crippen LogP contribution in [0.15, 0.2) is 58.1 Å². The summed E-state index contributed by atoms with van der Waals surface area (Å²) in [5.74, 6) is 0.407. The van der Waals surface area contributed by atoms with Crippen LogP contribution in [0.4, 0.5) is 0 Å². The Balaban J connectivity index is 1.59. The molecule has 2 aromatic carbocycles. The van der Waals surface area contributed by atoms with Crippen LogP contribution in [-0.2, 0) is 11.2 Å². The lowest BCUT2D eigenvalue weighted by Gasteiger charge is -1.97. The van der Waals surface area contributed by atoms with E-state index < -0.39 is 0 Å². The van der Waals surface area contributed by atoms with E-state index in [1.165, 1.54) is 0 Å². The third kappa shape index (κ3) is 3.59. The summed E-state index contributed by atoms with van der Waals surface area (Å²) in [6.45, 7) is 0. The van der Waals surface area contributed by atoms with Crippen molar-refractivity contribution in [2.45, 2.75) is 6.42 Å². The molecule has 5 nitrogen and oxygen atoms in total. The molecule has 1 aromatic heterocycles. The average Bonchev–Trinajstić information content (AvgIpc) is 2.91. The van der Waals surface area contributed by atoms with E-state index in [1.54, 1.807) is 6.21 Å². The van der Waals surface area contributed by atoms with E-state index in [1.807, 2.05) is 48.5 Å². The van der Waals surface area contributed by atoms with Gasteiger partial charge in [0.1, 0.15) is 5.82 Å². The Hall–Kier alpha value is -2.47. The number of hydrogen-bond donors (Lipinski definition) is 2. The van der Waals surface area contributed by atoms with Gasteiger partial charge in [0.25, 0.3) is 0 Å². The Morgan fingerprint density at radius 3 is 2.77 bits per heavy atom. The Morgan fingerprint density at radius 1 is 1.23 bits per heavy atom.